The van der Waals surface area contributed by atoms with Gasteiger partial charge in [0, 0.05) is 37.0 Å². The van der Waals surface area contributed by atoms with E-state index in [1.165, 1.54) is 18.5 Å². The number of hydrogen-bond donors (Lipinski definition) is 2. The molecule has 170 valence electrons. The molecule has 2 amide bonds. The average Bonchev–Trinajstić information content (AvgIpc) is 2.82. The zero-order valence-electron chi connectivity index (χ0n) is 18.8. The van der Waals surface area contributed by atoms with Gasteiger partial charge in [0.15, 0.2) is 11.5 Å². The predicted octanol–water partition coefficient (Wildman–Crippen LogP) is 3.09. The number of quaternary nitrogens is 1. The lowest BCUT2D eigenvalue weighted by Gasteiger charge is -2.36. The quantitative estimate of drug-likeness (QED) is 0.565. The first-order chi connectivity index (χ1) is 15.8. The number of amides is 2. The Labute approximate surface area is 192 Å². The summed E-state index contributed by atoms with van der Waals surface area (Å²) in [5, 5.41) is 2.79. The molecule has 33 heavy (non-hydrogen) atoms. The van der Waals surface area contributed by atoms with Crippen LogP contribution in [-0.2, 0) is 24.2 Å². The van der Waals surface area contributed by atoms with E-state index in [9.17, 15) is 14.0 Å². The Bertz CT molecular complexity index is 1210. The van der Waals surface area contributed by atoms with Crippen molar-refractivity contribution < 1.29 is 14.0 Å². The van der Waals surface area contributed by atoms with Crippen molar-refractivity contribution >= 4 is 23.3 Å². The van der Waals surface area contributed by atoms with Gasteiger partial charge in [0.05, 0.1) is 20.0 Å². The van der Waals surface area contributed by atoms with Gasteiger partial charge in [-0.05, 0) is 36.1 Å². The van der Waals surface area contributed by atoms with E-state index >= 15 is 0 Å². The zero-order chi connectivity index (χ0) is 23.6. The van der Waals surface area contributed by atoms with Gasteiger partial charge < -0.3 is 11.1 Å². The number of nitrogen functional groups attached to an aromatic ring is 1. The maximum atomic E-state index is 14.0. The fraction of sp³-hybridized carbons (Fsp3) is 0.280. The number of benzene rings is 2. The molecule has 1 atom stereocenters. The van der Waals surface area contributed by atoms with Crippen LogP contribution in [0.1, 0.15) is 39.2 Å². The van der Waals surface area contributed by atoms with Crippen molar-refractivity contribution in [1.82, 2.24) is 19.8 Å². The molecule has 0 aliphatic carbocycles. The first-order valence-corrected chi connectivity index (χ1v) is 10.9. The molecule has 7 nitrogen and oxygen atoms in total. The van der Waals surface area contributed by atoms with E-state index in [2.05, 4.69) is 15.3 Å². The second-order valence-corrected chi connectivity index (χ2v) is 8.52. The van der Waals surface area contributed by atoms with Crippen molar-refractivity contribution in [2.24, 2.45) is 0 Å². The average molecular weight is 449 g/mol. The number of hydrogen-bond acceptors (Lipinski definition) is 5. The minimum Gasteiger partial charge on any atom is -0.382 e. The molecule has 0 fully saturated rings. The van der Waals surface area contributed by atoms with Gasteiger partial charge in [-0.1, -0.05) is 24.3 Å². The van der Waals surface area contributed by atoms with E-state index in [-0.39, 0.29) is 33.6 Å². The van der Waals surface area contributed by atoms with Gasteiger partial charge in [0.1, 0.15) is 11.5 Å². The first kappa shape index (κ1) is 22.5. The van der Waals surface area contributed by atoms with Crippen LogP contribution in [0, 0.1) is 12.7 Å². The van der Waals surface area contributed by atoms with E-state index in [4.69, 9.17) is 5.73 Å². The molecule has 1 aliphatic rings. The molecule has 0 spiro atoms. The van der Waals surface area contributed by atoms with E-state index in [0.717, 1.165) is 22.4 Å². The Morgan fingerprint density at radius 2 is 1.79 bits per heavy atom. The molecule has 8 heteroatoms. The molecule has 1 aromatic heterocycles. The second kappa shape index (κ2) is 9.07. The highest BCUT2D eigenvalue weighted by atomic mass is 19.1. The van der Waals surface area contributed by atoms with E-state index in [1.807, 2.05) is 31.3 Å². The maximum absolute atomic E-state index is 14.0. The highest BCUT2D eigenvalue weighted by Gasteiger charge is 2.40. The van der Waals surface area contributed by atoms with Crippen LogP contribution >= 0.6 is 0 Å². The number of fused-ring (bicyclic) bond motifs is 1. The van der Waals surface area contributed by atoms with Crippen molar-refractivity contribution in [2.75, 3.05) is 19.3 Å². The first-order valence-electron chi connectivity index (χ1n) is 10.9. The summed E-state index contributed by atoms with van der Waals surface area (Å²) in [5.74, 6) is -0.361. The van der Waals surface area contributed by atoms with Crippen LogP contribution in [-0.4, -0.2) is 35.4 Å². The summed E-state index contributed by atoms with van der Waals surface area (Å²) in [6, 6.07) is 11.1. The lowest BCUT2D eigenvalue weighted by molar-refractivity contribution is -0.129. The Morgan fingerprint density at radius 3 is 2.52 bits per heavy atom. The normalized spacial score (nSPS) is 17.5. The van der Waals surface area contributed by atoms with Gasteiger partial charge in [0.2, 0.25) is 0 Å². The number of likely N-dealkylation sites (N-methyl/N-ethyl adjacent to an activating group) is 1. The molecule has 1 aliphatic heterocycles. The third-order valence-electron chi connectivity index (χ3n) is 6.44. The van der Waals surface area contributed by atoms with Crippen LogP contribution < -0.4 is 15.5 Å². The molecule has 1 unspecified atom stereocenters. The van der Waals surface area contributed by atoms with Crippen molar-refractivity contribution in [2.45, 2.75) is 32.7 Å². The third-order valence-corrected chi connectivity index (χ3v) is 6.44. The second-order valence-electron chi connectivity index (χ2n) is 8.52. The number of carbonyl (C=O) groups is 2. The van der Waals surface area contributed by atoms with Crippen LogP contribution in [0.3, 0.4) is 0 Å². The van der Waals surface area contributed by atoms with Gasteiger partial charge in [-0.3, -0.25) is 4.79 Å². The van der Waals surface area contributed by atoms with Crippen molar-refractivity contribution in [3.8, 4) is 0 Å². The summed E-state index contributed by atoms with van der Waals surface area (Å²) in [4.78, 5) is 32.9. The third kappa shape index (κ3) is 4.47. The molecule has 0 radical (unpaired) electrons. The molecule has 0 saturated carbocycles. The molecule has 2 aromatic carbocycles. The molecule has 3 N–H and O–H groups in total. The van der Waals surface area contributed by atoms with Crippen LogP contribution in [0.5, 0.6) is 0 Å². The van der Waals surface area contributed by atoms with Gasteiger partial charge in [-0.2, -0.15) is 0 Å². The molecule has 3 aromatic rings. The topological polar surface area (TPSA) is 98.0 Å². The minimum absolute atomic E-state index is 0.0914. The summed E-state index contributed by atoms with van der Waals surface area (Å²) in [6.45, 7) is 2.71. The van der Waals surface area contributed by atoms with Gasteiger partial charge in [-0.15, -0.1) is 0 Å². The Kier molecular flexibility index (Phi) is 6.20. The predicted molar refractivity (Wildman–Crippen MR) is 125 cm³/mol. The van der Waals surface area contributed by atoms with E-state index < -0.39 is 0 Å². The number of nitrogens with two attached hydrogens (primary N) is 1. The molecule has 2 heterocycles. The number of aromatic nitrogens is 2. The Morgan fingerprint density at radius 1 is 1.09 bits per heavy atom. The zero-order valence-corrected chi connectivity index (χ0v) is 18.8. The largest absolute Gasteiger partial charge is 0.382 e. The SMILES string of the molecule is Cc1c(F)ccc2c1CCC(=O)[N+]2(C)CCc1ccc(CNC(=O)c2nccnc2N)cc1. The number of anilines is 1. The summed E-state index contributed by atoms with van der Waals surface area (Å²) in [6.07, 6.45) is 4.56. The van der Waals surface area contributed by atoms with E-state index in [0.29, 0.717) is 37.9 Å². The summed E-state index contributed by atoms with van der Waals surface area (Å²) >= 11 is 0. The van der Waals surface area contributed by atoms with Gasteiger partial charge >= 0.3 is 5.91 Å². The van der Waals surface area contributed by atoms with Crippen LogP contribution in [0.25, 0.3) is 0 Å². The molecule has 0 saturated heterocycles. The number of nitrogens with zero attached hydrogens (tertiary/aromatic N) is 3. The molecular weight excluding hydrogens is 421 g/mol. The summed E-state index contributed by atoms with van der Waals surface area (Å²) in [7, 11) is 1.92. The molecule has 4 rings (SSSR count). The Balaban J connectivity index is 1.41. The van der Waals surface area contributed by atoms with E-state index in [1.54, 1.807) is 13.0 Å². The number of carbonyl (C=O) groups excluding carboxylic acids is 2. The highest BCUT2D eigenvalue weighted by Crippen LogP contribution is 2.36. The highest BCUT2D eigenvalue weighted by molar-refractivity contribution is 5.96. The lowest BCUT2D eigenvalue weighted by atomic mass is 9.93. The van der Waals surface area contributed by atoms with Gasteiger partial charge in [-0.25, -0.2) is 23.6 Å². The monoisotopic (exact) mass is 448 g/mol. The Hall–Kier alpha value is -3.65. The van der Waals surface area contributed by atoms with Crippen molar-refractivity contribution in [1.29, 1.82) is 0 Å². The van der Waals surface area contributed by atoms with Crippen LogP contribution in [0.4, 0.5) is 15.9 Å². The lowest BCUT2D eigenvalue weighted by Crippen LogP contribution is -2.54. The van der Waals surface area contributed by atoms with Crippen LogP contribution in [0.15, 0.2) is 48.8 Å². The van der Waals surface area contributed by atoms with Crippen molar-refractivity contribution in [3.05, 3.63) is 82.6 Å². The number of rotatable bonds is 6. The smallest absolute Gasteiger partial charge is 0.318 e. The number of nitrogens with one attached hydrogen (secondary N) is 1. The minimum atomic E-state index is -0.379. The fourth-order valence-electron chi connectivity index (χ4n) is 4.32. The molecule has 0 bridgehead atoms. The molecular formula is C25H27FN5O2+. The summed E-state index contributed by atoms with van der Waals surface area (Å²) in [5.41, 5.74) is 10.3. The summed E-state index contributed by atoms with van der Waals surface area (Å²) < 4.78 is 14.2. The van der Waals surface area contributed by atoms with Crippen LogP contribution in [0.2, 0.25) is 0 Å². The number of halogens is 1. The maximum Gasteiger partial charge on any atom is 0.318 e. The van der Waals surface area contributed by atoms with Crippen molar-refractivity contribution in [3.63, 3.8) is 0 Å². The fourth-order valence-corrected chi connectivity index (χ4v) is 4.32. The van der Waals surface area contributed by atoms with Gasteiger partial charge in [0.25, 0.3) is 5.91 Å². The standard InChI is InChI=1S/C25H26FN5O2/c1-16-19-7-10-22(32)31(2,21(19)9-8-20(16)26)14-11-17-3-5-18(6-4-17)15-30-25(33)23-24(27)29-13-12-28-23/h3-6,8-9,12-13H,7,10-11,14-15H2,1-2H3,(H2-,27,29,30,33)/p+1.